The third-order valence-electron chi connectivity index (χ3n) is 5.44. The molecule has 184 valence electrons. The highest BCUT2D eigenvalue weighted by atomic mass is 32.2. The van der Waals surface area contributed by atoms with Crippen LogP contribution in [0.3, 0.4) is 0 Å². The van der Waals surface area contributed by atoms with Crippen LogP contribution in [0.4, 0.5) is 18.0 Å². The van der Waals surface area contributed by atoms with Gasteiger partial charge in [0.05, 0.1) is 18.9 Å². The van der Waals surface area contributed by atoms with Crippen LogP contribution in [0.25, 0.3) is 0 Å². The maximum Gasteiger partial charge on any atom is 0.434 e. The molecule has 0 unspecified atom stereocenters. The fourth-order valence-electron chi connectivity index (χ4n) is 3.94. The van der Waals surface area contributed by atoms with Gasteiger partial charge in [-0.1, -0.05) is 30.3 Å². The highest BCUT2D eigenvalue weighted by molar-refractivity contribution is 7.92. The molecule has 2 saturated heterocycles. The van der Waals surface area contributed by atoms with Crippen LogP contribution in [-0.4, -0.2) is 65.7 Å². The number of ether oxygens (including phenoxy) is 3. The Hall–Kier alpha value is -2.77. The molecule has 9 nitrogen and oxygen atoms in total. The van der Waals surface area contributed by atoms with Gasteiger partial charge in [-0.3, -0.25) is 4.98 Å². The zero-order valence-electron chi connectivity index (χ0n) is 18.2. The second-order valence-corrected chi connectivity index (χ2v) is 10.5. The second kappa shape index (κ2) is 8.78. The third-order valence-corrected chi connectivity index (χ3v) is 7.44. The zero-order chi connectivity index (χ0) is 24.7. The van der Waals surface area contributed by atoms with Gasteiger partial charge in [0.1, 0.15) is 24.1 Å². The van der Waals surface area contributed by atoms with Crippen LogP contribution in [0, 0.1) is 0 Å². The molecular weight excluding hydrogens is 479 g/mol. The molecule has 0 bridgehead atoms. The maximum absolute atomic E-state index is 13.4. The van der Waals surface area contributed by atoms with Crippen molar-refractivity contribution in [3.63, 3.8) is 0 Å². The Morgan fingerprint density at radius 1 is 1.18 bits per heavy atom. The number of fused-ring (bicyclic) bond motifs is 1. The third kappa shape index (κ3) is 5.00. The predicted molar refractivity (Wildman–Crippen MR) is 110 cm³/mol. The summed E-state index contributed by atoms with van der Waals surface area (Å²) in [6.07, 6.45) is -6.36. The minimum absolute atomic E-state index is 0.0119. The van der Waals surface area contributed by atoms with Crippen LogP contribution >= 0.6 is 0 Å². The van der Waals surface area contributed by atoms with E-state index >= 15 is 0 Å². The van der Waals surface area contributed by atoms with E-state index in [-0.39, 0.29) is 19.7 Å². The van der Waals surface area contributed by atoms with Gasteiger partial charge >= 0.3 is 12.3 Å². The van der Waals surface area contributed by atoms with Crippen LogP contribution in [0.2, 0.25) is 0 Å². The lowest BCUT2D eigenvalue weighted by Gasteiger charge is -2.37. The highest BCUT2D eigenvalue weighted by Gasteiger charge is 2.55. The van der Waals surface area contributed by atoms with Gasteiger partial charge in [0, 0.05) is 6.54 Å². The first-order valence-electron chi connectivity index (χ1n) is 10.3. The van der Waals surface area contributed by atoms with Gasteiger partial charge in [-0.05, 0) is 19.4 Å². The van der Waals surface area contributed by atoms with E-state index in [1.54, 1.807) is 44.2 Å². The summed E-state index contributed by atoms with van der Waals surface area (Å²) in [5, 5.41) is -2.31. The number of sulfone groups is 1. The molecule has 2 aliphatic heterocycles. The average Bonchev–Trinajstić information content (AvgIpc) is 3.10. The molecule has 0 spiro atoms. The van der Waals surface area contributed by atoms with Gasteiger partial charge in [0.2, 0.25) is 9.84 Å². The van der Waals surface area contributed by atoms with E-state index in [1.807, 2.05) is 0 Å². The highest BCUT2D eigenvalue weighted by Crippen LogP contribution is 2.37. The van der Waals surface area contributed by atoms with Gasteiger partial charge in [0.25, 0.3) is 0 Å². The molecule has 3 heterocycles. The molecule has 0 radical (unpaired) electrons. The number of alkyl halides is 3. The summed E-state index contributed by atoms with van der Waals surface area (Å²) in [6, 6.07) is 8.88. The lowest BCUT2D eigenvalue weighted by molar-refractivity contribution is -0.144. The number of rotatable bonds is 4. The quantitative estimate of drug-likeness (QED) is 0.630. The van der Waals surface area contributed by atoms with E-state index in [4.69, 9.17) is 14.2 Å². The molecule has 4 rings (SSSR count). The molecule has 13 heteroatoms. The zero-order valence-corrected chi connectivity index (χ0v) is 19.0. The summed E-state index contributed by atoms with van der Waals surface area (Å²) in [7, 11) is -4.51. The molecule has 2 aromatic rings. The first-order chi connectivity index (χ1) is 15.9. The van der Waals surface area contributed by atoms with Gasteiger partial charge in [-0.2, -0.15) is 13.2 Å². The fourth-order valence-corrected chi connectivity index (χ4v) is 5.65. The summed E-state index contributed by atoms with van der Waals surface area (Å²) in [4.78, 5) is 20.6. The van der Waals surface area contributed by atoms with Crippen LogP contribution < -0.4 is 0 Å². The Labute approximate surface area is 193 Å². The Kier molecular flexibility index (Phi) is 6.29. The topological polar surface area (TPSA) is 108 Å². The Balaban J connectivity index is 1.61. The van der Waals surface area contributed by atoms with E-state index in [2.05, 4.69) is 9.97 Å². The number of amides is 1. The first kappa shape index (κ1) is 24.4. The second-order valence-electron chi connectivity index (χ2n) is 8.41. The van der Waals surface area contributed by atoms with E-state index in [0.29, 0.717) is 6.20 Å². The maximum atomic E-state index is 13.4. The van der Waals surface area contributed by atoms with Crippen molar-refractivity contribution in [3.8, 4) is 0 Å². The van der Waals surface area contributed by atoms with E-state index in [9.17, 15) is 26.4 Å². The van der Waals surface area contributed by atoms with Crippen molar-refractivity contribution in [2.45, 2.75) is 54.9 Å². The van der Waals surface area contributed by atoms with Gasteiger partial charge in [-0.15, -0.1) is 0 Å². The Morgan fingerprint density at radius 3 is 2.56 bits per heavy atom. The predicted octanol–water partition coefficient (Wildman–Crippen LogP) is 2.81. The van der Waals surface area contributed by atoms with Gasteiger partial charge in [0.15, 0.2) is 16.5 Å². The number of hydrogen-bond acceptors (Lipinski definition) is 8. The number of carbonyl (C=O) groups is 1. The molecule has 1 amide bonds. The lowest BCUT2D eigenvalue weighted by atomic mass is 10.1. The number of nitrogens with zero attached hydrogens (tertiary/aromatic N) is 3. The van der Waals surface area contributed by atoms with Crippen LogP contribution in [0.15, 0.2) is 47.8 Å². The average molecular weight is 501 g/mol. The van der Waals surface area contributed by atoms with E-state index < -0.39 is 56.1 Å². The number of carbonyl (C=O) groups excluding carboxylic acids is 1. The molecule has 2 aliphatic rings. The normalized spacial score (nSPS) is 24.5. The Bertz CT molecular complexity index is 1160. The van der Waals surface area contributed by atoms with Crippen molar-refractivity contribution in [1.29, 1.82) is 0 Å². The minimum Gasteiger partial charge on any atom is -0.445 e. The molecule has 3 atom stereocenters. The van der Waals surface area contributed by atoms with Crippen molar-refractivity contribution in [1.82, 2.24) is 14.9 Å². The summed E-state index contributed by atoms with van der Waals surface area (Å²) in [6.45, 7) is 2.73. The van der Waals surface area contributed by atoms with Crippen molar-refractivity contribution in [2.24, 2.45) is 0 Å². The molecule has 0 saturated carbocycles. The summed E-state index contributed by atoms with van der Waals surface area (Å²) in [5.41, 5.74) is -0.709. The monoisotopic (exact) mass is 501 g/mol. The number of likely N-dealkylation sites (tertiary alicyclic amines) is 1. The molecular formula is C21H22F3N3O6S. The smallest absolute Gasteiger partial charge is 0.434 e. The SMILES string of the molecule is CC1(C)O[C@H]2[C@H](CN(C(=O)OCc3ccccc3)C[C@@H]2S(=O)(=O)c2cncc(C(F)(F)F)n2)O1. The van der Waals surface area contributed by atoms with Crippen LogP contribution in [-0.2, 0) is 36.8 Å². The molecule has 0 aliphatic carbocycles. The number of hydrogen-bond donors (Lipinski definition) is 0. The molecule has 2 fully saturated rings. The number of piperidine rings is 1. The van der Waals surface area contributed by atoms with Gasteiger partial charge < -0.3 is 19.1 Å². The minimum atomic E-state index is -4.88. The van der Waals surface area contributed by atoms with Crippen molar-refractivity contribution >= 4 is 15.9 Å². The van der Waals surface area contributed by atoms with Crippen molar-refractivity contribution in [3.05, 3.63) is 54.0 Å². The molecule has 34 heavy (non-hydrogen) atoms. The lowest BCUT2D eigenvalue weighted by Crippen LogP contribution is -2.58. The fraction of sp³-hybridized carbons (Fsp3) is 0.476. The van der Waals surface area contributed by atoms with Crippen LogP contribution in [0.1, 0.15) is 25.1 Å². The van der Waals surface area contributed by atoms with Gasteiger partial charge in [-0.25, -0.2) is 18.2 Å². The number of aromatic nitrogens is 2. The van der Waals surface area contributed by atoms with Crippen molar-refractivity contribution < 1.29 is 40.6 Å². The van der Waals surface area contributed by atoms with E-state index in [1.165, 1.54) is 0 Å². The van der Waals surface area contributed by atoms with Crippen molar-refractivity contribution in [2.75, 3.05) is 13.1 Å². The molecule has 1 aromatic heterocycles. The molecule has 0 N–H and O–H groups in total. The number of benzene rings is 1. The summed E-state index contributed by atoms with van der Waals surface area (Å²) >= 11 is 0. The molecule has 1 aromatic carbocycles. The summed E-state index contributed by atoms with van der Waals surface area (Å²) < 4.78 is 82.9. The summed E-state index contributed by atoms with van der Waals surface area (Å²) in [5.74, 6) is -1.16. The Morgan fingerprint density at radius 2 is 1.88 bits per heavy atom. The largest absolute Gasteiger partial charge is 0.445 e. The van der Waals surface area contributed by atoms with Crippen LogP contribution in [0.5, 0.6) is 0 Å². The number of halogens is 3. The van der Waals surface area contributed by atoms with E-state index in [0.717, 1.165) is 16.7 Å². The standard InChI is InChI=1S/C21H22F3N3O6S/c1-20(2)32-14-10-27(19(28)31-12-13-6-4-3-5-7-13)11-15(18(14)33-20)34(29,30)17-9-25-8-16(26-17)21(22,23)24/h3-9,14-15,18H,10-12H2,1-2H3/t14-,15-,18-/m0/s1. The first-order valence-corrected chi connectivity index (χ1v) is 11.9.